The van der Waals surface area contributed by atoms with Crippen LogP contribution >= 0.6 is 11.6 Å². The van der Waals surface area contributed by atoms with Crippen molar-refractivity contribution in [2.75, 3.05) is 0 Å². The van der Waals surface area contributed by atoms with Crippen molar-refractivity contribution in [1.29, 1.82) is 0 Å². The largest absolute Gasteiger partial charge is 0.493 e. The van der Waals surface area contributed by atoms with Crippen LogP contribution in [0.4, 0.5) is 0 Å². The molecule has 1 amide bonds. The monoisotopic (exact) mass is 384 g/mol. The number of hydrogen-bond donors (Lipinski definition) is 3. The molecule has 0 aliphatic carbocycles. The Morgan fingerprint density at radius 3 is 2.48 bits per heavy atom. The molecular formula is C18H13ClN4O4. The van der Waals surface area contributed by atoms with Crippen LogP contribution in [-0.2, 0) is 0 Å². The summed E-state index contributed by atoms with van der Waals surface area (Å²) >= 11 is 6.06. The summed E-state index contributed by atoms with van der Waals surface area (Å²) in [5, 5.41) is 14.3. The molecule has 8 nitrogen and oxygen atoms in total. The minimum Gasteiger partial charge on any atom is -0.493 e. The summed E-state index contributed by atoms with van der Waals surface area (Å²) in [6.07, 6.45) is 0.946. The number of amides is 1. The predicted octanol–water partition coefficient (Wildman–Crippen LogP) is 1.65. The van der Waals surface area contributed by atoms with Crippen molar-refractivity contribution in [2.45, 2.75) is 0 Å². The fourth-order valence-corrected chi connectivity index (χ4v) is 2.54. The van der Waals surface area contributed by atoms with Crippen molar-refractivity contribution < 1.29 is 9.90 Å². The quantitative estimate of drug-likeness (QED) is 0.468. The Morgan fingerprint density at radius 2 is 1.78 bits per heavy atom. The molecule has 2 aromatic carbocycles. The zero-order valence-corrected chi connectivity index (χ0v) is 14.5. The van der Waals surface area contributed by atoms with Crippen LogP contribution in [0.1, 0.15) is 15.9 Å². The first kappa shape index (κ1) is 18.2. The van der Waals surface area contributed by atoms with E-state index in [1.165, 1.54) is 12.1 Å². The van der Waals surface area contributed by atoms with Crippen molar-refractivity contribution in [3.8, 4) is 11.6 Å². The molecule has 0 aliphatic rings. The fourth-order valence-electron chi connectivity index (χ4n) is 2.32. The van der Waals surface area contributed by atoms with Crippen LogP contribution in [0, 0.1) is 0 Å². The summed E-state index contributed by atoms with van der Waals surface area (Å²) in [6, 6.07) is 14.6. The van der Waals surface area contributed by atoms with Gasteiger partial charge < -0.3 is 5.11 Å². The van der Waals surface area contributed by atoms with E-state index in [0.717, 1.165) is 10.8 Å². The van der Waals surface area contributed by atoms with Gasteiger partial charge in [-0.25, -0.2) is 14.8 Å². The number of aromatic nitrogens is 2. The highest BCUT2D eigenvalue weighted by Gasteiger charge is 2.16. The van der Waals surface area contributed by atoms with Gasteiger partial charge in [-0.3, -0.25) is 14.6 Å². The number of aromatic amines is 1. The minimum absolute atomic E-state index is 0.181. The van der Waals surface area contributed by atoms with Gasteiger partial charge in [0.25, 0.3) is 11.5 Å². The van der Waals surface area contributed by atoms with Gasteiger partial charge in [-0.2, -0.15) is 5.10 Å². The normalized spacial score (nSPS) is 10.9. The second kappa shape index (κ2) is 7.71. The maximum absolute atomic E-state index is 12.1. The van der Waals surface area contributed by atoms with Gasteiger partial charge in [-0.15, -0.1) is 0 Å². The van der Waals surface area contributed by atoms with Crippen LogP contribution in [0.25, 0.3) is 5.69 Å². The zero-order chi connectivity index (χ0) is 19.4. The lowest BCUT2D eigenvalue weighted by atomic mass is 10.2. The molecule has 0 saturated carbocycles. The Balaban J connectivity index is 1.96. The maximum Gasteiger partial charge on any atom is 0.335 e. The molecule has 0 unspecified atom stereocenters. The lowest BCUT2D eigenvalue weighted by molar-refractivity contribution is 0.0955. The number of halogens is 1. The smallest absolute Gasteiger partial charge is 0.335 e. The number of carbonyl (C=O) groups excluding carboxylic acids is 1. The number of hydrogen-bond acceptors (Lipinski definition) is 5. The number of H-pyrrole nitrogens is 1. The van der Waals surface area contributed by atoms with E-state index in [4.69, 9.17) is 11.6 Å². The average Bonchev–Trinajstić information content (AvgIpc) is 2.66. The Morgan fingerprint density at radius 1 is 1.11 bits per heavy atom. The summed E-state index contributed by atoms with van der Waals surface area (Å²) in [4.78, 5) is 38.1. The standard InChI is InChI=1S/C18H13ClN4O4/c19-13-8-4-5-9-14(13)23-17(26)12(16(25)21-18(23)27)10-20-22-15(24)11-6-2-1-3-7-11/h1-10,26H,(H,22,24)(H,21,25,27). The fraction of sp³-hybridized carbons (Fsp3) is 0. The third-order valence-electron chi connectivity index (χ3n) is 3.61. The van der Waals surface area contributed by atoms with Crippen molar-refractivity contribution in [3.63, 3.8) is 0 Å². The number of carbonyl (C=O) groups is 1. The third-order valence-corrected chi connectivity index (χ3v) is 3.93. The summed E-state index contributed by atoms with van der Waals surface area (Å²) < 4.78 is 0.837. The van der Waals surface area contributed by atoms with E-state index >= 15 is 0 Å². The Kier molecular flexibility index (Phi) is 5.18. The number of para-hydroxylation sites is 1. The van der Waals surface area contributed by atoms with Gasteiger partial charge in [0.2, 0.25) is 5.88 Å². The summed E-state index contributed by atoms with van der Waals surface area (Å²) in [5.41, 5.74) is 0.747. The van der Waals surface area contributed by atoms with Crippen molar-refractivity contribution in [1.82, 2.24) is 15.0 Å². The van der Waals surface area contributed by atoms with E-state index in [1.54, 1.807) is 42.5 Å². The molecular weight excluding hydrogens is 372 g/mol. The van der Waals surface area contributed by atoms with Crippen LogP contribution in [0.15, 0.2) is 69.3 Å². The van der Waals surface area contributed by atoms with Gasteiger partial charge in [0.15, 0.2) is 0 Å². The Labute approximate surface area is 157 Å². The maximum atomic E-state index is 12.1. The van der Waals surface area contributed by atoms with Crippen molar-refractivity contribution >= 4 is 23.7 Å². The topological polar surface area (TPSA) is 117 Å². The molecule has 0 radical (unpaired) electrons. The average molecular weight is 385 g/mol. The molecule has 3 rings (SSSR count). The molecule has 0 fully saturated rings. The molecule has 0 atom stereocenters. The first-order valence-electron chi connectivity index (χ1n) is 7.70. The number of nitrogens with zero attached hydrogens (tertiary/aromatic N) is 2. The lowest BCUT2D eigenvalue weighted by Gasteiger charge is -2.10. The molecule has 0 spiro atoms. The molecule has 0 saturated heterocycles. The van der Waals surface area contributed by atoms with Gasteiger partial charge in [-0.05, 0) is 24.3 Å². The van der Waals surface area contributed by atoms with Gasteiger partial charge in [-0.1, -0.05) is 41.9 Å². The summed E-state index contributed by atoms with van der Waals surface area (Å²) in [7, 11) is 0. The lowest BCUT2D eigenvalue weighted by Crippen LogP contribution is -2.31. The summed E-state index contributed by atoms with van der Waals surface area (Å²) in [5.74, 6) is -1.16. The number of hydrazone groups is 1. The molecule has 3 N–H and O–H groups in total. The molecule has 0 aliphatic heterocycles. The Hall–Kier alpha value is -3.65. The van der Waals surface area contributed by atoms with E-state index in [-0.39, 0.29) is 16.3 Å². The molecule has 1 aromatic heterocycles. The second-order valence-corrected chi connectivity index (χ2v) is 5.76. The van der Waals surface area contributed by atoms with E-state index < -0.39 is 23.0 Å². The van der Waals surface area contributed by atoms with Gasteiger partial charge in [0.05, 0.1) is 16.9 Å². The van der Waals surface area contributed by atoms with Gasteiger partial charge in [0, 0.05) is 5.56 Å². The predicted molar refractivity (Wildman–Crippen MR) is 101 cm³/mol. The van der Waals surface area contributed by atoms with Crippen LogP contribution in [0.2, 0.25) is 5.02 Å². The van der Waals surface area contributed by atoms with E-state index in [9.17, 15) is 19.5 Å². The molecule has 136 valence electrons. The van der Waals surface area contributed by atoms with Gasteiger partial charge in [0.1, 0.15) is 5.56 Å². The Bertz CT molecular complexity index is 1140. The van der Waals surface area contributed by atoms with Crippen LogP contribution < -0.4 is 16.7 Å². The molecule has 27 heavy (non-hydrogen) atoms. The molecule has 9 heteroatoms. The third kappa shape index (κ3) is 3.80. The number of benzene rings is 2. The zero-order valence-electron chi connectivity index (χ0n) is 13.7. The second-order valence-electron chi connectivity index (χ2n) is 5.35. The SMILES string of the molecule is O=C(NN=Cc1c(O)n(-c2ccccc2Cl)c(=O)[nH]c1=O)c1ccccc1. The number of nitrogens with one attached hydrogen (secondary N) is 2. The van der Waals surface area contributed by atoms with E-state index in [2.05, 4.69) is 15.5 Å². The summed E-state index contributed by atoms with van der Waals surface area (Å²) in [6.45, 7) is 0. The van der Waals surface area contributed by atoms with E-state index in [1.807, 2.05) is 0 Å². The first-order valence-corrected chi connectivity index (χ1v) is 8.08. The van der Waals surface area contributed by atoms with Crippen molar-refractivity contribution in [2.24, 2.45) is 5.10 Å². The molecule has 0 bridgehead atoms. The van der Waals surface area contributed by atoms with Gasteiger partial charge >= 0.3 is 5.69 Å². The van der Waals surface area contributed by atoms with Crippen LogP contribution in [0.5, 0.6) is 5.88 Å². The highest BCUT2D eigenvalue weighted by Crippen LogP contribution is 2.22. The molecule has 3 aromatic rings. The first-order chi connectivity index (χ1) is 13.0. The van der Waals surface area contributed by atoms with Crippen LogP contribution in [-0.4, -0.2) is 26.8 Å². The highest BCUT2D eigenvalue weighted by molar-refractivity contribution is 6.32. The van der Waals surface area contributed by atoms with E-state index in [0.29, 0.717) is 5.56 Å². The minimum atomic E-state index is -0.865. The highest BCUT2D eigenvalue weighted by atomic mass is 35.5. The van der Waals surface area contributed by atoms with Crippen molar-refractivity contribution in [3.05, 3.63) is 91.6 Å². The number of rotatable bonds is 4. The van der Waals surface area contributed by atoms with Crippen LogP contribution in [0.3, 0.4) is 0 Å². The number of aromatic hydroxyl groups is 1. The molecule has 1 heterocycles.